The van der Waals surface area contributed by atoms with Crippen molar-refractivity contribution in [3.63, 3.8) is 0 Å². The van der Waals surface area contributed by atoms with Gasteiger partial charge in [0.15, 0.2) is 0 Å². The van der Waals surface area contributed by atoms with Gasteiger partial charge in [0, 0.05) is 18.5 Å². The van der Waals surface area contributed by atoms with E-state index in [0.717, 1.165) is 48.1 Å². The van der Waals surface area contributed by atoms with Crippen LogP contribution in [0.4, 0.5) is 15.9 Å². The predicted molar refractivity (Wildman–Crippen MR) is 130 cm³/mol. The summed E-state index contributed by atoms with van der Waals surface area (Å²) in [5, 5.41) is 7.25. The topological polar surface area (TPSA) is 88.6 Å². The molecule has 1 aromatic carbocycles. The molecule has 2 N–H and O–H groups in total. The molecule has 1 atom stereocenters. The molecule has 2 saturated heterocycles. The predicted octanol–water partition coefficient (Wildman–Crippen LogP) is 3.87. The lowest BCUT2D eigenvalue weighted by Gasteiger charge is -2.29. The Morgan fingerprint density at radius 1 is 1.26 bits per heavy atom. The first-order valence-electron chi connectivity index (χ1n) is 11.5. The highest BCUT2D eigenvalue weighted by Gasteiger charge is 2.24. The van der Waals surface area contributed by atoms with Crippen LogP contribution in [0, 0.1) is 12.7 Å². The fraction of sp³-hybridized carbons (Fsp3) is 0.458. The number of carbonyl (C=O) groups is 1. The first-order chi connectivity index (χ1) is 16.5. The Hall–Kier alpha value is -2.82. The van der Waals surface area contributed by atoms with Crippen LogP contribution in [0.3, 0.4) is 0 Å². The fourth-order valence-electron chi connectivity index (χ4n) is 4.40. The molecule has 2 fully saturated rings. The first kappa shape index (κ1) is 22.9. The van der Waals surface area contributed by atoms with Crippen LogP contribution in [0.2, 0.25) is 0 Å². The van der Waals surface area contributed by atoms with Crippen molar-refractivity contribution in [1.29, 1.82) is 0 Å². The standard InChI is InChI=1S/C24H28FN5O3S/c1-14-20-22(29-18-4-3-15(25)11-19(18)33-17-7-10-32-12-17)26-13-27-24(20)34-21(14)23(31)28-16-5-8-30(2)9-6-16/h3-4,11,13,16-17H,5-10,12H2,1-2H3,(H,28,31)(H,26,27,29)/t17-/m0/s1. The average molecular weight is 486 g/mol. The molecular formula is C24H28FN5O3S. The largest absolute Gasteiger partial charge is 0.486 e. The smallest absolute Gasteiger partial charge is 0.261 e. The Kier molecular flexibility index (Phi) is 6.62. The minimum atomic E-state index is -0.383. The Labute approximate surface area is 201 Å². The number of aryl methyl sites for hydroxylation is 1. The van der Waals surface area contributed by atoms with Gasteiger partial charge in [0.25, 0.3) is 5.91 Å². The monoisotopic (exact) mass is 485 g/mol. The molecule has 2 aromatic heterocycles. The summed E-state index contributed by atoms with van der Waals surface area (Å²) in [5.41, 5.74) is 1.42. The zero-order valence-corrected chi connectivity index (χ0v) is 20.1. The molecule has 34 heavy (non-hydrogen) atoms. The average Bonchev–Trinajstić information content (AvgIpc) is 3.45. The van der Waals surface area contributed by atoms with Crippen LogP contribution in [-0.2, 0) is 4.74 Å². The van der Waals surface area contributed by atoms with Crippen molar-refractivity contribution in [2.75, 3.05) is 38.7 Å². The van der Waals surface area contributed by atoms with Crippen molar-refractivity contribution < 1.29 is 18.7 Å². The number of nitrogens with zero attached hydrogens (tertiary/aromatic N) is 3. The van der Waals surface area contributed by atoms with Crippen LogP contribution < -0.4 is 15.4 Å². The number of hydrogen-bond acceptors (Lipinski definition) is 8. The summed E-state index contributed by atoms with van der Waals surface area (Å²) >= 11 is 1.36. The van der Waals surface area contributed by atoms with E-state index in [1.165, 1.54) is 29.8 Å². The summed E-state index contributed by atoms with van der Waals surface area (Å²) in [7, 11) is 2.10. The molecule has 1 amide bonds. The van der Waals surface area contributed by atoms with Gasteiger partial charge in [0.1, 0.15) is 34.6 Å². The molecule has 3 aromatic rings. The third kappa shape index (κ3) is 4.84. The van der Waals surface area contributed by atoms with E-state index in [1.54, 1.807) is 6.07 Å². The van der Waals surface area contributed by atoms with Crippen molar-refractivity contribution in [3.8, 4) is 5.75 Å². The number of amides is 1. The second-order valence-corrected chi connectivity index (χ2v) is 9.88. The van der Waals surface area contributed by atoms with Gasteiger partial charge in [-0.15, -0.1) is 11.3 Å². The third-order valence-corrected chi connectivity index (χ3v) is 7.56. The molecule has 5 rings (SSSR count). The Balaban J connectivity index is 1.41. The van der Waals surface area contributed by atoms with Crippen LogP contribution >= 0.6 is 11.3 Å². The van der Waals surface area contributed by atoms with E-state index in [2.05, 4.69) is 32.5 Å². The quantitative estimate of drug-likeness (QED) is 0.548. The minimum Gasteiger partial charge on any atom is -0.486 e. The SMILES string of the molecule is Cc1c(C(=O)NC2CCN(C)CC2)sc2ncnc(Nc3ccc(F)cc3O[C@H]3CCOC3)c12. The summed E-state index contributed by atoms with van der Waals surface area (Å²) in [4.78, 5) is 25.5. The van der Waals surface area contributed by atoms with E-state index >= 15 is 0 Å². The molecule has 2 aliphatic heterocycles. The molecular weight excluding hydrogens is 457 g/mol. The van der Waals surface area contributed by atoms with E-state index in [-0.39, 0.29) is 23.9 Å². The molecule has 180 valence electrons. The van der Waals surface area contributed by atoms with Gasteiger partial charge in [0.2, 0.25) is 0 Å². The molecule has 10 heteroatoms. The summed E-state index contributed by atoms with van der Waals surface area (Å²) in [6.07, 6.45) is 3.99. The van der Waals surface area contributed by atoms with E-state index in [1.807, 2.05) is 6.92 Å². The van der Waals surface area contributed by atoms with Gasteiger partial charge in [-0.25, -0.2) is 14.4 Å². The highest BCUT2D eigenvalue weighted by Crippen LogP contribution is 2.37. The van der Waals surface area contributed by atoms with Gasteiger partial charge in [-0.2, -0.15) is 0 Å². The van der Waals surface area contributed by atoms with Crippen molar-refractivity contribution >= 4 is 39.0 Å². The van der Waals surface area contributed by atoms with E-state index in [0.29, 0.717) is 35.3 Å². The number of rotatable bonds is 6. The molecule has 0 bridgehead atoms. The van der Waals surface area contributed by atoms with Crippen LogP contribution in [0.25, 0.3) is 10.2 Å². The summed E-state index contributed by atoms with van der Waals surface area (Å²) in [6.45, 7) is 4.98. The fourth-order valence-corrected chi connectivity index (χ4v) is 5.45. The van der Waals surface area contributed by atoms with Gasteiger partial charge < -0.3 is 25.0 Å². The molecule has 0 aliphatic carbocycles. The summed E-state index contributed by atoms with van der Waals surface area (Å²) in [6, 6.07) is 4.54. The summed E-state index contributed by atoms with van der Waals surface area (Å²) in [5.74, 6) is 0.492. The van der Waals surface area contributed by atoms with Crippen molar-refractivity contribution in [2.24, 2.45) is 0 Å². The molecule has 4 heterocycles. The van der Waals surface area contributed by atoms with Crippen LogP contribution in [0.1, 0.15) is 34.5 Å². The van der Waals surface area contributed by atoms with Crippen LogP contribution in [-0.4, -0.2) is 66.3 Å². The second-order valence-electron chi connectivity index (χ2n) is 8.88. The maximum Gasteiger partial charge on any atom is 0.261 e. The number of likely N-dealkylation sites (tertiary alicyclic amines) is 1. The number of hydrogen-bond donors (Lipinski definition) is 2. The lowest BCUT2D eigenvalue weighted by molar-refractivity contribution is 0.0920. The maximum atomic E-state index is 14.0. The number of carbonyl (C=O) groups excluding carboxylic acids is 1. The number of nitrogens with one attached hydrogen (secondary N) is 2. The zero-order valence-electron chi connectivity index (χ0n) is 19.3. The van der Waals surface area contributed by atoms with Gasteiger partial charge in [-0.05, 0) is 57.6 Å². The highest BCUT2D eigenvalue weighted by molar-refractivity contribution is 7.20. The van der Waals surface area contributed by atoms with Gasteiger partial charge in [0.05, 0.1) is 29.2 Å². The molecule has 8 nitrogen and oxygen atoms in total. The number of aromatic nitrogens is 2. The molecule has 0 saturated carbocycles. The normalized spacial score (nSPS) is 19.4. The van der Waals surface area contributed by atoms with E-state index in [9.17, 15) is 9.18 Å². The van der Waals surface area contributed by atoms with Crippen molar-refractivity contribution in [3.05, 3.63) is 40.8 Å². The molecule has 0 spiro atoms. The third-order valence-electron chi connectivity index (χ3n) is 6.37. The molecule has 2 aliphatic rings. The number of benzene rings is 1. The van der Waals surface area contributed by atoms with Crippen LogP contribution in [0.15, 0.2) is 24.5 Å². The van der Waals surface area contributed by atoms with E-state index in [4.69, 9.17) is 9.47 Å². The van der Waals surface area contributed by atoms with Crippen molar-refractivity contribution in [1.82, 2.24) is 20.2 Å². The maximum absolute atomic E-state index is 14.0. The number of fused-ring (bicyclic) bond motifs is 1. The number of ether oxygens (including phenoxy) is 2. The highest BCUT2D eigenvalue weighted by atomic mass is 32.1. The van der Waals surface area contributed by atoms with Crippen molar-refractivity contribution in [2.45, 2.75) is 38.3 Å². The molecule has 0 radical (unpaired) electrons. The minimum absolute atomic E-state index is 0.0759. The van der Waals surface area contributed by atoms with Crippen LogP contribution in [0.5, 0.6) is 5.75 Å². The zero-order chi connectivity index (χ0) is 23.7. The number of anilines is 2. The molecule has 0 unspecified atom stereocenters. The number of halogens is 1. The lowest BCUT2D eigenvalue weighted by atomic mass is 10.1. The van der Waals surface area contributed by atoms with Gasteiger partial charge >= 0.3 is 0 Å². The Bertz CT molecular complexity index is 1190. The Morgan fingerprint density at radius 2 is 2.09 bits per heavy atom. The number of piperidine rings is 1. The lowest BCUT2D eigenvalue weighted by Crippen LogP contribution is -2.43. The van der Waals surface area contributed by atoms with E-state index < -0.39 is 0 Å². The van der Waals surface area contributed by atoms with Gasteiger partial charge in [-0.1, -0.05) is 0 Å². The summed E-state index contributed by atoms with van der Waals surface area (Å²) < 4.78 is 25.4. The number of thiophene rings is 1. The first-order valence-corrected chi connectivity index (χ1v) is 12.3. The Morgan fingerprint density at radius 3 is 2.85 bits per heavy atom. The van der Waals surface area contributed by atoms with Gasteiger partial charge in [-0.3, -0.25) is 4.79 Å². The second kappa shape index (κ2) is 9.81.